The minimum Gasteiger partial charge on any atom is -0.219 e. The van der Waals surface area contributed by atoms with Crippen molar-refractivity contribution in [2.24, 2.45) is 0 Å². The van der Waals surface area contributed by atoms with Crippen molar-refractivity contribution >= 4 is 33.0 Å². The number of nitriles is 2. The molecule has 0 atom stereocenters. The standard InChI is InChI=1S/C14H6Cl2N2O2S/c15-13-3-1-11(5-9(13)7-17)21(19,20)12-2-4-14(16)10(6-12)8-18/h1-6H. The van der Waals surface area contributed by atoms with E-state index in [4.69, 9.17) is 33.7 Å². The average Bonchev–Trinajstić information content (AvgIpc) is 2.47. The van der Waals surface area contributed by atoms with Crippen molar-refractivity contribution in [3.05, 3.63) is 57.6 Å². The number of nitrogens with zero attached hydrogens (tertiary/aromatic N) is 2. The van der Waals surface area contributed by atoms with Gasteiger partial charge in [-0.1, -0.05) is 23.2 Å². The molecule has 0 bridgehead atoms. The van der Waals surface area contributed by atoms with Crippen molar-refractivity contribution in [1.82, 2.24) is 0 Å². The van der Waals surface area contributed by atoms with E-state index in [9.17, 15) is 8.42 Å². The van der Waals surface area contributed by atoms with E-state index in [0.717, 1.165) is 0 Å². The topological polar surface area (TPSA) is 81.7 Å². The summed E-state index contributed by atoms with van der Waals surface area (Å²) in [6, 6.07) is 11.3. The highest BCUT2D eigenvalue weighted by molar-refractivity contribution is 7.91. The lowest BCUT2D eigenvalue weighted by Crippen LogP contribution is -2.03. The van der Waals surface area contributed by atoms with Crippen LogP contribution < -0.4 is 0 Å². The van der Waals surface area contributed by atoms with Crippen LogP contribution >= 0.6 is 23.2 Å². The smallest absolute Gasteiger partial charge is 0.206 e. The van der Waals surface area contributed by atoms with Crippen LogP contribution in [0.2, 0.25) is 10.0 Å². The Bertz CT molecular complexity index is 840. The Labute approximate surface area is 131 Å². The molecule has 0 radical (unpaired) electrons. The molecule has 2 rings (SSSR count). The second-order valence-corrected chi connectivity index (χ2v) is 6.77. The second kappa shape index (κ2) is 5.75. The number of halogens is 2. The van der Waals surface area contributed by atoms with Crippen molar-refractivity contribution in [2.45, 2.75) is 9.79 Å². The van der Waals surface area contributed by atoms with Crippen molar-refractivity contribution in [2.75, 3.05) is 0 Å². The molecule has 0 N–H and O–H groups in total. The fourth-order valence-corrected chi connectivity index (χ4v) is 3.28. The van der Waals surface area contributed by atoms with Gasteiger partial charge in [-0.25, -0.2) is 8.42 Å². The van der Waals surface area contributed by atoms with E-state index in [0.29, 0.717) is 0 Å². The molecule has 0 aliphatic carbocycles. The first-order chi connectivity index (χ1) is 9.90. The van der Waals surface area contributed by atoms with Crippen LogP contribution in [0.3, 0.4) is 0 Å². The Kier molecular flexibility index (Phi) is 4.20. The second-order valence-electron chi connectivity index (χ2n) is 4.01. The van der Waals surface area contributed by atoms with Gasteiger partial charge in [-0.3, -0.25) is 0 Å². The van der Waals surface area contributed by atoms with Gasteiger partial charge in [-0.2, -0.15) is 10.5 Å². The van der Waals surface area contributed by atoms with E-state index in [1.807, 2.05) is 12.1 Å². The largest absolute Gasteiger partial charge is 0.219 e. The number of sulfone groups is 1. The van der Waals surface area contributed by atoms with Gasteiger partial charge in [-0.15, -0.1) is 0 Å². The summed E-state index contributed by atoms with van der Waals surface area (Å²) in [7, 11) is -3.86. The Hall–Kier alpha value is -2.05. The van der Waals surface area contributed by atoms with E-state index in [1.54, 1.807) is 0 Å². The van der Waals surface area contributed by atoms with E-state index in [-0.39, 0.29) is 31.0 Å². The quantitative estimate of drug-likeness (QED) is 0.839. The molecule has 2 aromatic rings. The molecule has 104 valence electrons. The molecule has 4 nitrogen and oxygen atoms in total. The number of rotatable bonds is 2. The molecule has 0 saturated carbocycles. The third kappa shape index (κ3) is 2.86. The summed E-state index contributed by atoms with van der Waals surface area (Å²) in [4.78, 5) is -0.149. The maximum atomic E-state index is 12.5. The highest BCUT2D eigenvalue weighted by atomic mass is 35.5. The third-order valence-corrected chi connectivity index (χ3v) is 5.15. The van der Waals surface area contributed by atoms with Crippen LogP contribution in [-0.2, 0) is 9.84 Å². The first-order valence-electron chi connectivity index (χ1n) is 5.54. The van der Waals surface area contributed by atoms with E-state index >= 15 is 0 Å². The molecule has 21 heavy (non-hydrogen) atoms. The van der Waals surface area contributed by atoms with Crippen molar-refractivity contribution < 1.29 is 8.42 Å². The zero-order valence-corrected chi connectivity index (χ0v) is 12.7. The minimum absolute atomic E-state index is 0.0622. The third-order valence-electron chi connectivity index (χ3n) is 2.74. The first-order valence-corrected chi connectivity index (χ1v) is 7.78. The molecule has 0 aliphatic rings. The molecule has 0 amide bonds. The monoisotopic (exact) mass is 336 g/mol. The highest BCUT2D eigenvalue weighted by Gasteiger charge is 2.20. The van der Waals surface area contributed by atoms with Gasteiger partial charge < -0.3 is 0 Å². The van der Waals surface area contributed by atoms with Crippen LogP contribution in [0.15, 0.2) is 46.2 Å². The van der Waals surface area contributed by atoms with Crippen LogP contribution in [0, 0.1) is 22.7 Å². The highest BCUT2D eigenvalue weighted by Crippen LogP contribution is 2.27. The molecular weight excluding hydrogens is 331 g/mol. The molecule has 0 spiro atoms. The van der Waals surface area contributed by atoms with Crippen LogP contribution in [-0.4, -0.2) is 8.42 Å². The van der Waals surface area contributed by atoms with Gasteiger partial charge in [0.2, 0.25) is 9.84 Å². The molecule has 2 aromatic carbocycles. The Balaban J connectivity index is 2.63. The maximum absolute atomic E-state index is 12.5. The molecule has 0 aromatic heterocycles. The lowest BCUT2D eigenvalue weighted by atomic mass is 10.2. The Morgan fingerprint density at radius 3 is 1.52 bits per heavy atom. The molecule has 0 aliphatic heterocycles. The maximum Gasteiger partial charge on any atom is 0.206 e. The van der Waals surface area contributed by atoms with Gasteiger partial charge in [0.1, 0.15) is 12.1 Å². The SMILES string of the molecule is N#Cc1cc(S(=O)(=O)c2ccc(Cl)c(C#N)c2)ccc1Cl. The van der Waals surface area contributed by atoms with Gasteiger partial charge in [0.05, 0.1) is 31.0 Å². The first kappa shape index (κ1) is 15.3. The number of hydrogen-bond acceptors (Lipinski definition) is 4. The minimum atomic E-state index is -3.86. The summed E-state index contributed by atoms with van der Waals surface area (Å²) >= 11 is 11.6. The normalized spacial score (nSPS) is 10.7. The lowest BCUT2D eigenvalue weighted by molar-refractivity contribution is 0.596. The van der Waals surface area contributed by atoms with Gasteiger partial charge in [-0.05, 0) is 36.4 Å². The summed E-state index contributed by atoms with van der Waals surface area (Å²) < 4.78 is 25.0. The van der Waals surface area contributed by atoms with E-state index < -0.39 is 9.84 Å². The lowest BCUT2D eigenvalue weighted by Gasteiger charge is -2.06. The molecule has 0 heterocycles. The molecular formula is C14H6Cl2N2O2S. The molecule has 7 heteroatoms. The molecule has 0 unspecified atom stereocenters. The van der Waals surface area contributed by atoms with E-state index in [1.165, 1.54) is 36.4 Å². The number of hydrogen-bond donors (Lipinski definition) is 0. The summed E-state index contributed by atoms with van der Waals surface area (Å²) in [5.74, 6) is 0. The number of benzene rings is 2. The fraction of sp³-hybridized carbons (Fsp3) is 0. The predicted molar refractivity (Wildman–Crippen MR) is 77.8 cm³/mol. The van der Waals surface area contributed by atoms with Crippen LogP contribution in [0.5, 0.6) is 0 Å². The van der Waals surface area contributed by atoms with Gasteiger partial charge in [0, 0.05) is 0 Å². The molecule has 0 fully saturated rings. The van der Waals surface area contributed by atoms with Gasteiger partial charge in [0.15, 0.2) is 0 Å². The van der Waals surface area contributed by atoms with Crippen LogP contribution in [0.4, 0.5) is 0 Å². The summed E-state index contributed by atoms with van der Waals surface area (Å²) in [6.45, 7) is 0. The molecule has 0 saturated heterocycles. The fourth-order valence-electron chi connectivity index (χ4n) is 1.65. The summed E-state index contributed by atoms with van der Waals surface area (Å²) in [5.41, 5.74) is 0.124. The summed E-state index contributed by atoms with van der Waals surface area (Å²) in [5, 5.41) is 18.2. The predicted octanol–water partition coefficient (Wildman–Crippen LogP) is 3.57. The van der Waals surface area contributed by atoms with Gasteiger partial charge in [0.25, 0.3) is 0 Å². The van der Waals surface area contributed by atoms with Crippen molar-refractivity contribution in [1.29, 1.82) is 10.5 Å². The Morgan fingerprint density at radius 2 is 1.19 bits per heavy atom. The van der Waals surface area contributed by atoms with Crippen LogP contribution in [0.25, 0.3) is 0 Å². The van der Waals surface area contributed by atoms with Gasteiger partial charge >= 0.3 is 0 Å². The average molecular weight is 337 g/mol. The van der Waals surface area contributed by atoms with Crippen molar-refractivity contribution in [3.8, 4) is 12.1 Å². The summed E-state index contributed by atoms with van der Waals surface area (Å²) in [6.07, 6.45) is 0. The van der Waals surface area contributed by atoms with Crippen LogP contribution in [0.1, 0.15) is 11.1 Å². The zero-order valence-electron chi connectivity index (χ0n) is 10.3. The van der Waals surface area contributed by atoms with Crippen molar-refractivity contribution in [3.63, 3.8) is 0 Å². The Morgan fingerprint density at radius 1 is 0.810 bits per heavy atom. The van der Waals surface area contributed by atoms with E-state index in [2.05, 4.69) is 0 Å². The zero-order chi connectivity index (χ0) is 15.6.